The van der Waals surface area contributed by atoms with E-state index in [1.54, 1.807) is 6.07 Å². The number of hydrogen-bond acceptors (Lipinski definition) is 2. The summed E-state index contributed by atoms with van der Waals surface area (Å²) in [5, 5.41) is 0. The topological polar surface area (TPSA) is 26.3 Å². The van der Waals surface area contributed by atoms with E-state index < -0.39 is 0 Å². The van der Waals surface area contributed by atoms with Gasteiger partial charge in [-0.05, 0) is 40.3 Å². The maximum atomic E-state index is 12.3. The standard InChI is InChI=1S/C23H22O2/c1-17(2)16-25-23(24)20-12-8-11-19(15-20)22-14-7-6-13-21(22)18-9-4-3-5-10-18/h3-15,17H,16H2,1-2H3. The zero-order chi connectivity index (χ0) is 17.6. The number of ether oxygens (including phenoxy) is 1. The van der Waals surface area contributed by atoms with Crippen LogP contribution in [-0.2, 0) is 4.74 Å². The first-order valence-electron chi connectivity index (χ1n) is 8.57. The maximum Gasteiger partial charge on any atom is 0.338 e. The van der Waals surface area contributed by atoms with E-state index in [1.807, 2.05) is 62.4 Å². The third kappa shape index (κ3) is 4.16. The van der Waals surface area contributed by atoms with Crippen LogP contribution in [0, 0.1) is 5.92 Å². The molecule has 0 spiro atoms. The summed E-state index contributed by atoms with van der Waals surface area (Å²) in [6.45, 7) is 4.49. The Morgan fingerprint density at radius 2 is 1.40 bits per heavy atom. The van der Waals surface area contributed by atoms with Gasteiger partial charge in [-0.3, -0.25) is 0 Å². The first kappa shape index (κ1) is 17.0. The SMILES string of the molecule is CC(C)COC(=O)c1cccc(-c2ccccc2-c2ccccc2)c1. The third-order valence-electron chi connectivity index (χ3n) is 3.97. The predicted octanol–water partition coefficient (Wildman–Crippen LogP) is 5.83. The molecule has 0 aromatic heterocycles. The average molecular weight is 330 g/mol. The highest BCUT2D eigenvalue weighted by Crippen LogP contribution is 2.32. The lowest BCUT2D eigenvalue weighted by Gasteiger charge is -2.12. The van der Waals surface area contributed by atoms with Gasteiger partial charge in [0.2, 0.25) is 0 Å². The Bertz CT molecular complexity index is 851. The number of rotatable bonds is 5. The van der Waals surface area contributed by atoms with Crippen LogP contribution in [-0.4, -0.2) is 12.6 Å². The van der Waals surface area contributed by atoms with Gasteiger partial charge >= 0.3 is 5.97 Å². The van der Waals surface area contributed by atoms with E-state index in [0.717, 1.165) is 22.3 Å². The molecule has 0 heterocycles. The molecule has 0 aliphatic rings. The van der Waals surface area contributed by atoms with Crippen molar-refractivity contribution in [1.82, 2.24) is 0 Å². The van der Waals surface area contributed by atoms with E-state index in [4.69, 9.17) is 4.74 Å². The summed E-state index contributed by atoms with van der Waals surface area (Å²) in [4.78, 5) is 12.3. The molecule has 0 aliphatic carbocycles. The van der Waals surface area contributed by atoms with Gasteiger partial charge in [-0.2, -0.15) is 0 Å². The van der Waals surface area contributed by atoms with Crippen molar-refractivity contribution in [3.63, 3.8) is 0 Å². The summed E-state index contributed by atoms with van der Waals surface area (Å²) in [6.07, 6.45) is 0. The van der Waals surface area contributed by atoms with Gasteiger partial charge < -0.3 is 4.74 Å². The lowest BCUT2D eigenvalue weighted by atomic mass is 9.94. The van der Waals surface area contributed by atoms with Crippen LogP contribution in [0.3, 0.4) is 0 Å². The fourth-order valence-electron chi connectivity index (χ4n) is 2.74. The van der Waals surface area contributed by atoms with Crippen LogP contribution in [0.5, 0.6) is 0 Å². The first-order valence-corrected chi connectivity index (χ1v) is 8.57. The molecule has 0 saturated carbocycles. The Kier molecular flexibility index (Phi) is 5.30. The molecule has 0 saturated heterocycles. The van der Waals surface area contributed by atoms with Gasteiger partial charge in [0, 0.05) is 0 Å². The highest BCUT2D eigenvalue weighted by Gasteiger charge is 2.11. The van der Waals surface area contributed by atoms with Gasteiger partial charge in [-0.15, -0.1) is 0 Å². The van der Waals surface area contributed by atoms with Crippen molar-refractivity contribution < 1.29 is 9.53 Å². The molecular formula is C23H22O2. The van der Waals surface area contributed by atoms with Gasteiger partial charge in [0.25, 0.3) is 0 Å². The monoisotopic (exact) mass is 330 g/mol. The minimum Gasteiger partial charge on any atom is -0.462 e. The molecular weight excluding hydrogens is 308 g/mol. The molecule has 25 heavy (non-hydrogen) atoms. The van der Waals surface area contributed by atoms with Crippen molar-refractivity contribution in [2.75, 3.05) is 6.61 Å². The van der Waals surface area contributed by atoms with Gasteiger partial charge in [-0.1, -0.05) is 80.6 Å². The highest BCUT2D eigenvalue weighted by atomic mass is 16.5. The zero-order valence-corrected chi connectivity index (χ0v) is 14.6. The highest BCUT2D eigenvalue weighted by molar-refractivity contribution is 5.92. The zero-order valence-electron chi connectivity index (χ0n) is 14.6. The number of carbonyl (C=O) groups is 1. The Hall–Kier alpha value is -2.87. The van der Waals surface area contributed by atoms with E-state index in [0.29, 0.717) is 18.1 Å². The summed E-state index contributed by atoms with van der Waals surface area (Å²) in [6, 6.07) is 26.2. The minimum atomic E-state index is -0.271. The third-order valence-corrected chi connectivity index (χ3v) is 3.97. The molecule has 3 rings (SSSR count). The van der Waals surface area contributed by atoms with Gasteiger partial charge in [0.1, 0.15) is 0 Å². The molecule has 0 amide bonds. The molecule has 0 N–H and O–H groups in total. The van der Waals surface area contributed by atoms with Crippen molar-refractivity contribution >= 4 is 5.97 Å². The fourth-order valence-corrected chi connectivity index (χ4v) is 2.74. The summed E-state index contributed by atoms with van der Waals surface area (Å²) in [7, 11) is 0. The normalized spacial score (nSPS) is 10.7. The summed E-state index contributed by atoms with van der Waals surface area (Å²) >= 11 is 0. The Morgan fingerprint density at radius 1 is 0.800 bits per heavy atom. The fraction of sp³-hybridized carbons (Fsp3) is 0.174. The van der Waals surface area contributed by atoms with E-state index in [2.05, 4.69) is 24.3 Å². The number of hydrogen-bond donors (Lipinski definition) is 0. The lowest BCUT2D eigenvalue weighted by molar-refractivity contribution is 0.0459. The molecule has 0 radical (unpaired) electrons. The quantitative estimate of drug-likeness (QED) is 0.550. The Morgan fingerprint density at radius 3 is 2.08 bits per heavy atom. The predicted molar refractivity (Wildman–Crippen MR) is 102 cm³/mol. The van der Waals surface area contributed by atoms with Crippen molar-refractivity contribution in [2.24, 2.45) is 5.92 Å². The first-order chi connectivity index (χ1) is 12.1. The second kappa shape index (κ2) is 7.80. The molecule has 3 aromatic rings. The molecule has 126 valence electrons. The van der Waals surface area contributed by atoms with Crippen molar-refractivity contribution in [2.45, 2.75) is 13.8 Å². The van der Waals surface area contributed by atoms with Crippen molar-refractivity contribution in [1.29, 1.82) is 0 Å². The lowest BCUT2D eigenvalue weighted by Crippen LogP contribution is -2.10. The van der Waals surface area contributed by atoms with E-state index in [9.17, 15) is 4.79 Å². The van der Waals surface area contributed by atoms with E-state index >= 15 is 0 Å². The van der Waals surface area contributed by atoms with E-state index in [-0.39, 0.29) is 5.97 Å². The smallest absolute Gasteiger partial charge is 0.338 e. The second-order valence-corrected chi connectivity index (χ2v) is 6.48. The second-order valence-electron chi connectivity index (χ2n) is 6.48. The van der Waals surface area contributed by atoms with Crippen LogP contribution in [0.4, 0.5) is 0 Å². The average Bonchev–Trinajstić information content (AvgIpc) is 2.67. The largest absolute Gasteiger partial charge is 0.462 e. The molecule has 0 aliphatic heterocycles. The number of benzene rings is 3. The van der Waals surface area contributed by atoms with E-state index in [1.165, 1.54) is 0 Å². The number of esters is 1. The molecule has 2 heteroatoms. The van der Waals surface area contributed by atoms with Crippen molar-refractivity contribution in [3.05, 3.63) is 84.4 Å². The molecule has 2 nitrogen and oxygen atoms in total. The van der Waals surface area contributed by atoms with Gasteiger partial charge in [0.05, 0.1) is 12.2 Å². The molecule has 3 aromatic carbocycles. The van der Waals surface area contributed by atoms with Gasteiger partial charge in [0.15, 0.2) is 0 Å². The van der Waals surface area contributed by atoms with Gasteiger partial charge in [-0.25, -0.2) is 4.79 Å². The summed E-state index contributed by atoms with van der Waals surface area (Å²) in [5.41, 5.74) is 5.01. The van der Waals surface area contributed by atoms with Crippen LogP contribution in [0.15, 0.2) is 78.9 Å². The van der Waals surface area contributed by atoms with Crippen LogP contribution in [0.25, 0.3) is 22.3 Å². The molecule has 0 fully saturated rings. The van der Waals surface area contributed by atoms with Crippen LogP contribution < -0.4 is 0 Å². The van der Waals surface area contributed by atoms with Crippen molar-refractivity contribution in [3.8, 4) is 22.3 Å². The molecule has 0 bridgehead atoms. The van der Waals surface area contributed by atoms with Crippen LogP contribution in [0.1, 0.15) is 24.2 Å². The minimum absolute atomic E-state index is 0.271. The summed E-state index contributed by atoms with van der Waals surface area (Å²) < 4.78 is 5.36. The Balaban J connectivity index is 1.96. The Labute approximate surface area is 149 Å². The van der Waals surface area contributed by atoms with Crippen LogP contribution >= 0.6 is 0 Å². The molecule has 0 unspecified atom stereocenters. The number of carbonyl (C=O) groups excluding carboxylic acids is 1. The maximum absolute atomic E-state index is 12.3. The molecule has 0 atom stereocenters. The summed E-state index contributed by atoms with van der Waals surface area (Å²) in [5.74, 6) is 0.0543. The van der Waals surface area contributed by atoms with Crippen LogP contribution in [0.2, 0.25) is 0 Å².